The van der Waals surface area contributed by atoms with Crippen molar-refractivity contribution in [2.75, 3.05) is 5.32 Å². The summed E-state index contributed by atoms with van der Waals surface area (Å²) in [4.78, 5) is 22.3. The summed E-state index contributed by atoms with van der Waals surface area (Å²) < 4.78 is 56.9. The van der Waals surface area contributed by atoms with E-state index in [2.05, 4.69) is 30.6 Å². The summed E-state index contributed by atoms with van der Waals surface area (Å²) in [6, 6.07) is 2.31. The second-order valence-electron chi connectivity index (χ2n) is 7.72. The normalized spacial score (nSPS) is 20.2. The van der Waals surface area contributed by atoms with Gasteiger partial charge in [-0.2, -0.15) is 27.8 Å². The smallest absolute Gasteiger partial charge is 0.324 e. The fourth-order valence-electron chi connectivity index (χ4n) is 4.03. The number of alkyl halides is 3. The number of carbonyl (C=O) groups excluding carboxylic acids is 1. The lowest BCUT2D eigenvalue weighted by Crippen LogP contribution is -2.39. The van der Waals surface area contributed by atoms with Gasteiger partial charge in [-0.3, -0.25) is 4.79 Å². The highest BCUT2D eigenvalue weighted by atomic mass is 35.5. The number of halogens is 5. The van der Waals surface area contributed by atoms with Crippen molar-refractivity contribution in [1.29, 1.82) is 0 Å². The lowest BCUT2D eigenvalue weighted by atomic mass is 9.85. The van der Waals surface area contributed by atoms with Gasteiger partial charge in [-0.15, -0.1) is 9.90 Å². The van der Waals surface area contributed by atoms with Crippen LogP contribution in [0.2, 0.25) is 5.02 Å². The van der Waals surface area contributed by atoms with Crippen molar-refractivity contribution in [1.82, 2.24) is 34.6 Å². The van der Waals surface area contributed by atoms with Crippen LogP contribution in [0.1, 0.15) is 30.5 Å². The molecule has 4 aromatic heterocycles. The Morgan fingerprint density at radius 1 is 1.21 bits per heavy atom. The maximum absolute atomic E-state index is 14.1. The van der Waals surface area contributed by atoms with Crippen LogP contribution in [-0.4, -0.2) is 46.7 Å². The average Bonchev–Trinajstić information content (AvgIpc) is 3.45. The van der Waals surface area contributed by atoms with Crippen molar-refractivity contribution < 1.29 is 22.4 Å². The summed E-state index contributed by atoms with van der Waals surface area (Å²) in [6.07, 6.45) is -0.0256. The lowest BCUT2D eigenvalue weighted by molar-refractivity contribution is -0.187. The van der Waals surface area contributed by atoms with Crippen LogP contribution in [0, 0.1) is 5.95 Å². The monoisotopic (exact) mass is 480 g/mol. The highest BCUT2D eigenvalue weighted by molar-refractivity contribution is 6.32. The molecule has 0 spiro atoms. The Bertz CT molecular complexity index is 1390. The molecule has 170 valence electrons. The fourth-order valence-corrected chi connectivity index (χ4v) is 4.27. The molecule has 0 saturated carbocycles. The summed E-state index contributed by atoms with van der Waals surface area (Å²) in [6.45, 7) is 0.961. The van der Waals surface area contributed by atoms with Gasteiger partial charge in [-0.25, -0.2) is 14.5 Å². The minimum atomic E-state index is -4.73. The van der Waals surface area contributed by atoms with Gasteiger partial charge in [-0.1, -0.05) is 11.6 Å². The van der Waals surface area contributed by atoms with E-state index < -0.39 is 35.8 Å². The van der Waals surface area contributed by atoms with Crippen LogP contribution in [0.5, 0.6) is 0 Å². The highest BCUT2D eigenvalue weighted by Crippen LogP contribution is 2.54. The number of fused-ring (bicyclic) bond motifs is 3. The number of anilines is 1. The van der Waals surface area contributed by atoms with E-state index in [0.717, 1.165) is 23.7 Å². The number of nitrogens with one attached hydrogen (secondary N) is 1. The second kappa shape index (κ2) is 7.20. The van der Waals surface area contributed by atoms with E-state index in [4.69, 9.17) is 11.6 Å². The van der Waals surface area contributed by atoms with Crippen molar-refractivity contribution in [2.24, 2.45) is 0 Å². The molecule has 1 aliphatic carbocycles. The first-order valence-electron chi connectivity index (χ1n) is 9.53. The predicted octanol–water partition coefficient (Wildman–Crippen LogP) is 3.44. The van der Waals surface area contributed by atoms with Gasteiger partial charge in [0, 0.05) is 17.8 Å². The molecule has 5 rings (SSSR count). The van der Waals surface area contributed by atoms with E-state index in [1.54, 1.807) is 0 Å². The molecule has 0 aliphatic heterocycles. The molecule has 0 unspecified atom stereocenters. The van der Waals surface area contributed by atoms with Gasteiger partial charge in [0.1, 0.15) is 5.41 Å². The third-order valence-corrected chi connectivity index (χ3v) is 5.91. The number of nitrogens with zero attached hydrogens (tertiary/aromatic N) is 7. The zero-order valence-corrected chi connectivity index (χ0v) is 17.4. The molecule has 0 radical (unpaired) electrons. The molecular weight excluding hydrogens is 468 g/mol. The molecule has 1 amide bonds. The van der Waals surface area contributed by atoms with Crippen LogP contribution in [0.3, 0.4) is 0 Å². The van der Waals surface area contributed by atoms with Crippen LogP contribution in [-0.2, 0) is 10.2 Å². The Balaban J connectivity index is 1.51. The Labute approximate surface area is 187 Å². The standard InChI is InChI=1S/C19H13ClF4N8O/c1-18(19(22,23)24)6-10(11-8-25-14-5-13(21)30-31(14)15(11)18)17(33)29-9-4-12(20)16(26-7-9)32-27-2-3-28-32/h2-5,7-8,10H,6H2,1H3,(H,29,33)/t10-,18-/m0/s1. The van der Waals surface area contributed by atoms with Crippen LogP contribution in [0.25, 0.3) is 11.5 Å². The molecule has 0 aromatic carbocycles. The largest absolute Gasteiger partial charge is 0.399 e. The molecular formula is C19H13ClF4N8O. The van der Waals surface area contributed by atoms with Crippen LogP contribution < -0.4 is 5.32 Å². The summed E-state index contributed by atoms with van der Waals surface area (Å²) in [5.74, 6) is -2.70. The number of pyridine rings is 1. The molecule has 33 heavy (non-hydrogen) atoms. The van der Waals surface area contributed by atoms with E-state index in [-0.39, 0.29) is 33.4 Å². The lowest BCUT2D eigenvalue weighted by Gasteiger charge is -2.28. The first-order chi connectivity index (χ1) is 15.6. The fraction of sp³-hybridized carbons (Fsp3) is 0.263. The van der Waals surface area contributed by atoms with Crippen molar-refractivity contribution in [3.8, 4) is 5.82 Å². The Morgan fingerprint density at radius 2 is 1.94 bits per heavy atom. The third kappa shape index (κ3) is 3.30. The minimum Gasteiger partial charge on any atom is -0.324 e. The molecule has 1 aliphatic rings. The van der Waals surface area contributed by atoms with Crippen LogP contribution >= 0.6 is 11.6 Å². The number of amides is 1. The molecule has 4 aromatic rings. The molecule has 0 fully saturated rings. The van der Waals surface area contributed by atoms with Gasteiger partial charge in [-0.05, 0) is 19.4 Å². The molecule has 1 N–H and O–H groups in total. The first-order valence-corrected chi connectivity index (χ1v) is 9.91. The maximum atomic E-state index is 14.1. The summed E-state index contributed by atoms with van der Waals surface area (Å²) in [5, 5.41) is 14.0. The van der Waals surface area contributed by atoms with E-state index in [1.165, 1.54) is 29.5 Å². The van der Waals surface area contributed by atoms with Gasteiger partial charge >= 0.3 is 6.18 Å². The van der Waals surface area contributed by atoms with Crippen molar-refractivity contribution >= 4 is 28.8 Å². The average molecular weight is 481 g/mol. The summed E-state index contributed by atoms with van der Waals surface area (Å²) in [5.41, 5.74) is -2.67. The molecule has 4 heterocycles. The number of carbonyl (C=O) groups is 1. The van der Waals surface area contributed by atoms with Crippen molar-refractivity contribution in [3.63, 3.8) is 0 Å². The van der Waals surface area contributed by atoms with Gasteiger partial charge in [0.25, 0.3) is 0 Å². The number of aromatic nitrogens is 7. The quantitative estimate of drug-likeness (QED) is 0.451. The molecule has 0 bridgehead atoms. The van der Waals surface area contributed by atoms with E-state index in [0.29, 0.717) is 0 Å². The van der Waals surface area contributed by atoms with E-state index in [1.807, 2.05) is 0 Å². The number of rotatable bonds is 3. The maximum Gasteiger partial charge on any atom is 0.399 e. The van der Waals surface area contributed by atoms with Gasteiger partial charge in [0.05, 0.1) is 40.9 Å². The molecule has 9 nitrogen and oxygen atoms in total. The Hall–Kier alpha value is -3.61. The Morgan fingerprint density at radius 3 is 2.61 bits per heavy atom. The predicted molar refractivity (Wildman–Crippen MR) is 107 cm³/mol. The molecule has 0 saturated heterocycles. The van der Waals surface area contributed by atoms with Crippen LogP contribution in [0.4, 0.5) is 23.2 Å². The van der Waals surface area contributed by atoms with Gasteiger partial charge < -0.3 is 5.32 Å². The topological polar surface area (TPSA) is 103 Å². The third-order valence-electron chi connectivity index (χ3n) is 5.63. The van der Waals surface area contributed by atoms with Crippen molar-refractivity contribution in [2.45, 2.75) is 30.9 Å². The highest BCUT2D eigenvalue weighted by Gasteiger charge is 2.60. The van der Waals surface area contributed by atoms with E-state index >= 15 is 0 Å². The minimum absolute atomic E-state index is 0.0133. The Kier molecular flexibility index (Phi) is 4.64. The summed E-state index contributed by atoms with van der Waals surface area (Å²) >= 11 is 6.20. The van der Waals surface area contributed by atoms with Gasteiger partial charge in [0.15, 0.2) is 11.5 Å². The number of hydrogen-bond donors (Lipinski definition) is 1. The zero-order valence-electron chi connectivity index (χ0n) is 16.7. The first kappa shape index (κ1) is 21.2. The van der Waals surface area contributed by atoms with Crippen molar-refractivity contribution in [3.05, 3.63) is 59.1 Å². The van der Waals surface area contributed by atoms with Crippen LogP contribution in [0.15, 0.2) is 36.9 Å². The molecule has 2 atom stereocenters. The van der Waals surface area contributed by atoms with Gasteiger partial charge in [0.2, 0.25) is 11.9 Å². The molecule has 14 heteroatoms. The van der Waals surface area contributed by atoms with E-state index in [9.17, 15) is 22.4 Å². The summed E-state index contributed by atoms with van der Waals surface area (Å²) in [7, 11) is 0. The SMILES string of the molecule is C[C@]1(C(F)(F)F)C[C@H](C(=O)Nc2cnc(-n3nccn3)c(Cl)c2)c2cnc3cc(F)nn3c21. The second-order valence-corrected chi connectivity index (χ2v) is 8.13. The zero-order chi connectivity index (χ0) is 23.5. The number of hydrogen-bond acceptors (Lipinski definition) is 6.